The first kappa shape index (κ1) is 12.8. The number of aliphatic carboxylic acids is 1. The Bertz CT molecular complexity index is 537. The predicted octanol–water partition coefficient (Wildman–Crippen LogP) is 3.45. The van der Waals surface area contributed by atoms with Gasteiger partial charge in [-0.2, -0.15) is 0 Å². The molecule has 0 amide bonds. The lowest BCUT2D eigenvalue weighted by Gasteiger charge is -2.19. The van der Waals surface area contributed by atoms with Crippen molar-refractivity contribution in [2.45, 2.75) is 32.1 Å². The first-order valence-electron chi connectivity index (χ1n) is 6.38. The van der Waals surface area contributed by atoms with Gasteiger partial charge in [0.2, 0.25) is 6.79 Å². The van der Waals surface area contributed by atoms with Crippen molar-refractivity contribution in [1.29, 1.82) is 0 Å². The van der Waals surface area contributed by atoms with Gasteiger partial charge in [0.25, 0.3) is 0 Å². The van der Waals surface area contributed by atoms with E-state index in [0.29, 0.717) is 5.92 Å². The fraction of sp³-hybridized carbons (Fsp3) is 0.500. The predicted molar refractivity (Wildman–Crippen MR) is 72.7 cm³/mol. The molecule has 1 aliphatic heterocycles. The lowest BCUT2D eigenvalue weighted by molar-refractivity contribution is -0.137. The van der Waals surface area contributed by atoms with Crippen LogP contribution in [0, 0.1) is 12.8 Å². The van der Waals surface area contributed by atoms with E-state index in [-0.39, 0.29) is 19.1 Å². The molecule has 1 heterocycles. The van der Waals surface area contributed by atoms with Crippen molar-refractivity contribution in [2.24, 2.45) is 5.92 Å². The van der Waals surface area contributed by atoms with Crippen LogP contribution >= 0.6 is 15.9 Å². The van der Waals surface area contributed by atoms with Crippen molar-refractivity contribution in [3.8, 4) is 11.5 Å². The summed E-state index contributed by atoms with van der Waals surface area (Å²) in [5, 5.41) is 9.11. The van der Waals surface area contributed by atoms with E-state index in [4.69, 9.17) is 14.6 Å². The third kappa shape index (κ3) is 2.31. The lowest BCUT2D eigenvalue weighted by atomic mass is 9.87. The normalized spacial score (nSPS) is 18.4. The maximum Gasteiger partial charge on any atom is 0.303 e. The number of hydrogen-bond acceptors (Lipinski definition) is 3. The standard InChI is InChI=1S/C14H15BrO4/c1-7-9(10(5-12(16)17)8-2-3-8)4-11(15)14-13(7)18-6-19-14/h4,8,10H,2-3,5-6H2,1H3,(H,16,17). The molecule has 1 saturated carbocycles. The van der Waals surface area contributed by atoms with Crippen LogP contribution in [0.5, 0.6) is 11.5 Å². The summed E-state index contributed by atoms with van der Waals surface area (Å²) in [6, 6.07) is 1.99. The van der Waals surface area contributed by atoms with Gasteiger partial charge in [-0.15, -0.1) is 0 Å². The molecule has 5 heteroatoms. The number of rotatable bonds is 4. The van der Waals surface area contributed by atoms with Gasteiger partial charge >= 0.3 is 5.97 Å². The summed E-state index contributed by atoms with van der Waals surface area (Å²) < 4.78 is 11.8. The largest absolute Gasteiger partial charge is 0.481 e. The second kappa shape index (κ2) is 4.71. The third-order valence-corrected chi connectivity index (χ3v) is 4.46. The molecule has 102 valence electrons. The molecule has 1 atom stereocenters. The second-order valence-corrected chi connectivity index (χ2v) is 6.03. The zero-order valence-electron chi connectivity index (χ0n) is 10.6. The molecule has 0 saturated heterocycles. The van der Waals surface area contributed by atoms with Gasteiger partial charge in [0.05, 0.1) is 10.9 Å². The van der Waals surface area contributed by atoms with Crippen LogP contribution in [0.1, 0.15) is 36.3 Å². The Hall–Kier alpha value is -1.23. The van der Waals surface area contributed by atoms with Gasteiger partial charge in [-0.25, -0.2) is 0 Å². The molecule has 2 aliphatic rings. The Morgan fingerprint density at radius 2 is 2.16 bits per heavy atom. The van der Waals surface area contributed by atoms with E-state index in [2.05, 4.69) is 15.9 Å². The maximum atomic E-state index is 11.1. The summed E-state index contributed by atoms with van der Waals surface area (Å²) in [7, 11) is 0. The molecule has 19 heavy (non-hydrogen) atoms. The third-order valence-electron chi connectivity index (χ3n) is 3.87. The quantitative estimate of drug-likeness (QED) is 0.920. The topological polar surface area (TPSA) is 55.8 Å². The number of benzene rings is 1. The fourth-order valence-corrected chi connectivity index (χ4v) is 3.32. The van der Waals surface area contributed by atoms with Crippen LogP contribution in [0.4, 0.5) is 0 Å². The van der Waals surface area contributed by atoms with Crippen LogP contribution in [-0.2, 0) is 4.79 Å². The minimum atomic E-state index is -0.745. The first-order chi connectivity index (χ1) is 9.08. The molecule has 1 fully saturated rings. The molecule has 1 aliphatic carbocycles. The van der Waals surface area contributed by atoms with Gasteiger partial charge in [0, 0.05) is 0 Å². The summed E-state index contributed by atoms with van der Waals surface area (Å²) in [4.78, 5) is 11.1. The molecule has 0 radical (unpaired) electrons. The van der Waals surface area contributed by atoms with Crippen LogP contribution in [0.2, 0.25) is 0 Å². The van der Waals surface area contributed by atoms with Gasteiger partial charge in [-0.05, 0) is 64.7 Å². The molecule has 0 bridgehead atoms. The van der Waals surface area contributed by atoms with Crippen molar-refractivity contribution >= 4 is 21.9 Å². The van der Waals surface area contributed by atoms with E-state index in [9.17, 15) is 4.79 Å². The van der Waals surface area contributed by atoms with E-state index in [1.54, 1.807) is 0 Å². The number of carbonyl (C=O) groups is 1. The van der Waals surface area contributed by atoms with Crippen LogP contribution < -0.4 is 9.47 Å². The van der Waals surface area contributed by atoms with Crippen LogP contribution in [0.25, 0.3) is 0 Å². The molecular weight excluding hydrogens is 312 g/mol. The SMILES string of the molecule is Cc1c(C(CC(=O)O)C2CC2)cc(Br)c2c1OCO2. The zero-order chi connectivity index (χ0) is 13.6. The fourth-order valence-electron chi connectivity index (χ4n) is 2.78. The number of carboxylic acids is 1. The number of ether oxygens (including phenoxy) is 2. The summed E-state index contributed by atoms with van der Waals surface area (Å²) in [6.07, 6.45) is 2.41. The summed E-state index contributed by atoms with van der Waals surface area (Å²) in [6.45, 7) is 2.21. The Labute approximate surface area is 119 Å². The number of fused-ring (bicyclic) bond motifs is 1. The molecule has 1 aromatic rings. The number of hydrogen-bond donors (Lipinski definition) is 1. The maximum absolute atomic E-state index is 11.1. The van der Waals surface area contributed by atoms with E-state index in [1.807, 2.05) is 13.0 Å². The smallest absolute Gasteiger partial charge is 0.303 e. The molecule has 0 spiro atoms. The van der Waals surface area contributed by atoms with Crippen molar-refractivity contribution in [3.05, 3.63) is 21.7 Å². The molecule has 4 nitrogen and oxygen atoms in total. The second-order valence-electron chi connectivity index (χ2n) is 5.18. The van der Waals surface area contributed by atoms with E-state index < -0.39 is 5.97 Å². The Balaban J connectivity index is 2.03. The highest BCUT2D eigenvalue weighted by Crippen LogP contribution is 2.50. The van der Waals surface area contributed by atoms with Gasteiger partial charge < -0.3 is 14.6 Å². The van der Waals surface area contributed by atoms with Crippen LogP contribution in [-0.4, -0.2) is 17.9 Å². The average molecular weight is 327 g/mol. The molecule has 1 unspecified atom stereocenters. The van der Waals surface area contributed by atoms with Crippen LogP contribution in [0.15, 0.2) is 10.5 Å². The summed E-state index contributed by atoms with van der Waals surface area (Å²) >= 11 is 3.48. The summed E-state index contributed by atoms with van der Waals surface area (Å²) in [5.41, 5.74) is 2.08. The Morgan fingerprint density at radius 1 is 1.47 bits per heavy atom. The molecule has 3 rings (SSSR count). The molecular formula is C14H15BrO4. The first-order valence-corrected chi connectivity index (χ1v) is 7.17. The summed E-state index contributed by atoms with van der Waals surface area (Å²) in [5.74, 6) is 1.29. The van der Waals surface area contributed by atoms with Crippen molar-refractivity contribution in [3.63, 3.8) is 0 Å². The van der Waals surface area contributed by atoms with Gasteiger partial charge in [0.15, 0.2) is 11.5 Å². The van der Waals surface area contributed by atoms with Gasteiger partial charge in [-0.3, -0.25) is 4.79 Å². The average Bonchev–Trinajstić information content (AvgIpc) is 3.07. The van der Waals surface area contributed by atoms with Gasteiger partial charge in [0.1, 0.15) is 0 Å². The molecule has 1 aromatic carbocycles. The monoisotopic (exact) mass is 326 g/mol. The van der Waals surface area contributed by atoms with Crippen molar-refractivity contribution < 1.29 is 19.4 Å². The zero-order valence-corrected chi connectivity index (χ0v) is 12.2. The van der Waals surface area contributed by atoms with Gasteiger partial charge in [-0.1, -0.05) is 0 Å². The Morgan fingerprint density at radius 3 is 2.79 bits per heavy atom. The van der Waals surface area contributed by atoms with Crippen LogP contribution in [0.3, 0.4) is 0 Å². The molecule has 0 aromatic heterocycles. The Kier molecular flexibility index (Phi) is 3.17. The van der Waals surface area contributed by atoms with Crippen molar-refractivity contribution in [2.75, 3.05) is 6.79 Å². The van der Waals surface area contributed by atoms with E-state index in [0.717, 1.165) is 39.9 Å². The highest BCUT2D eigenvalue weighted by molar-refractivity contribution is 9.10. The highest BCUT2D eigenvalue weighted by Gasteiger charge is 2.36. The lowest BCUT2D eigenvalue weighted by Crippen LogP contribution is -2.10. The minimum Gasteiger partial charge on any atom is -0.481 e. The minimum absolute atomic E-state index is 0.0725. The number of halogens is 1. The van der Waals surface area contributed by atoms with Crippen molar-refractivity contribution in [1.82, 2.24) is 0 Å². The number of carboxylic acid groups (broad SMARTS) is 1. The van der Waals surface area contributed by atoms with E-state index >= 15 is 0 Å². The van der Waals surface area contributed by atoms with E-state index in [1.165, 1.54) is 0 Å². The highest BCUT2D eigenvalue weighted by atomic mass is 79.9. The molecule has 1 N–H and O–H groups in total.